The van der Waals surface area contributed by atoms with Gasteiger partial charge in [0.15, 0.2) is 5.78 Å². The molecule has 1 amide bonds. The van der Waals surface area contributed by atoms with Crippen LogP contribution in [-0.4, -0.2) is 32.9 Å². The Kier molecular flexibility index (Phi) is 6.67. The van der Waals surface area contributed by atoms with E-state index >= 15 is 0 Å². The number of carboxylic acids is 1. The molecule has 1 aromatic heterocycles. The predicted octanol–water partition coefficient (Wildman–Crippen LogP) is 2.62. The van der Waals surface area contributed by atoms with Crippen LogP contribution in [0, 0.1) is 12.7 Å². The standard InChI is InChI=1S/C25H24FN3O5/c1-14-4-9-17(19(26)12-14)22(32)18-10-11-21(31)29(23(18)27)16-7-5-15(6-8-16)13-20(30)28-25(2,3)24(33)34/h4-12H,13,27H2,1-3H3,(H,28,30)(H,33,34). The van der Waals surface area contributed by atoms with Crippen LogP contribution < -0.4 is 16.6 Å². The van der Waals surface area contributed by atoms with Crippen molar-refractivity contribution in [1.29, 1.82) is 0 Å². The van der Waals surface area contributed by atoms with E-state index in [1.807, 2.05) is 0 Å². The molecule has 1 heterocycles. The SMILES string of the molecule is Cc1ccc(C(=O)c2ccc(=O)n(-c3ccc(CC(=O)NC(C)(C)C(=O)O)cc3)c2N)c(F)c1. The summed E-state index contributed by atoms with van der Waals surface area (Å²) in [4.78, 5) is 48.8. The van der Waals surface area contributed by atoms with Gasteiger partial charge in [0.2, 0.25) is 5.91 Å². The normalized spacial score (nSPS) is 11.2. The number of nitrogens with two attached hydrogens (primary N) is 1. The first-order valence-corrected chi connectivity index (χ1v) is 10.4. The number of aliphatic carboxylic acids is 1. The number of amides is 1. The second kappa shape index (κ2) is 9.30. The fourth-order valence-corrected chi connectivity index (χ4v) is 3.36. The molecule has 0 radical (unpaired) electrons. The zero-order chi connectivity index (χ0) is 25.2. The first-order chi connectivity index (χ1) is 15.9. The Morgan fingerprint density at radius 2 is 1.65 bits per heavy atom. The lowest BCUT2D eigenvalue weighted by Gasteiger charge is -2.21. The molecule has 0 unspecified atom stereocenters. The summed E-state index contributed by atoms with van der Waals surface area (Å²) in [5, 5.41) is 11.6. The molecule has 0 bridgehead atoms. The first kappa shape index (κ1) is 24.4. The number of ketones is 1. The molecular weight excluding hydrogens is 441 g/mol. The number of benzene rings is 2. The first-order valence-electron chi connectivity index (χ1n) is 10.4. The van der Waals surface area contributed by atoms with Crippen molar-refractivity contribution in [2.75, 3.05) is 5.73 Å². The van der Waals surface area contributed by atoms with Crippen LogP contribution in [0.1, 0.15) is 40.9 Å². The summed E-state index contributed by atoms with van der Waals surface area (Å²) in [6.07, 6.45) is -0.0768. The third-order valence-corrected chi connectivity index (χ3v) is 5.29. The Morgan fingerprint density at radius 3 is 2.24 bits per heavy atom. The van der Waals surface area contributed by atoms with E-state index in [1.165, 1.54) is 38.1 Å². The Balaban J connectivity index is 1.89. The molecule has 0 aliphatic rings. The van der Waals surface area contributed by atoms with Crippen LogP contribution in [0.5, 0.6) is 0 Å². The third kappa shape index (κ3) is 5.03. The monoisotopic (exact) mass is 465 g/mol. The second-order valence-electron chi connectivity index (χ2n) is 8.44. The van der Waals surface area contributed by atoms with E-state index in [0.29, 0.717) is 16.8 Å². The predicted molar refractivity (Wildman–Crippen MR) is 125 cm³/mol. The molecule has 0 saturated heterocycles. The zero-order valence-corrected chi connectivity index (χ0v) is 18.9. The third-order valence-electron chi connectivity index (χ3n) is 5.29. The molecule has 9 heteroatoms. The number of nitrogens with zero attached hydrogens (tertiary/aromatic N) is 1. The summed E-state index contributed by atoms with van der Waals surface area (Å²) in [5.74, 6) is -3.13. The van der Waals surface area contributed by atoms with Crippen molar-refractivity contribution in [1.82, 2.24) is 9.88 Å². The summed E-state index contributed by atoms with van der Waals surface area (Å²) in [7, 11) is 0. The van der Waals surface area contributed by atoms with Gasteiger partial charge in [0.25, 0.3) is 5.56 Å². The Hall–Kier alpha value is -4.27. The van der Waals surface area contributed by atoms with Crippen molar-refractivity contribution in [2.45, 2.75) is 32.7 Å². The maximum atomic E-state index is 14.3. The van der Waals surface area contributed by atoms with Crippen LogP contribution in [0.2, 0.25) is 0 Å². The highest BCUT2D eigenvalue weighted by Crippen LogP contribution is 2.21. The van der Waals surface area contributed by atoms with Crippen LogP contribution in [0.15, 0.2) is 59.4 Å². The lowest BCUT2D eigenvalue weighted by molar-refractivity contribution is -0.145. The number of anilines is 1. The summed E-state index contributed by atoms with van der Waals surface area (Å²) in [6.45, 7) is 4.46. The number of rotatable bonds is 7. The maximum absolute atomic E-state index is 14.3. The van der Waals surface area contributed by atoms with E-state index in [4.69, 9.17) is 10.8 Å². The number of aryl methyl sites for hydroxylation is 1. The molecule has 3 aromatic rings. The maximum Gasteiger partial charge on any atom is 0.328 e. The molecule has 0 spiro atoms. The average molecular weight is 465 g/mol. The van der Waals surface area contributed by atoms with Gasteiger partial charge in [-0.3, -0.25) is 19.0 Å². The van der Waals surface area contributed by atoms with Crippen molar-refractivity contribution < 1.29 is 23.9 Å². The highest BCUT2D eigenvalue weighted by atomic mass is 19.1. The summed E-state index contributed by atoms with van der Waals surface area (Å²) in [6, 6.07) is 12.9. The fourth-order valence-electron chi connectivity index (χ4n) is 3.36. The molecule has 0 fully saturated rings. The van der Waals surface area contributed by atoms with Gasteiger partial charge in [-0.15, -0.1) is 0 Å². The molecule has 8 nitrogen and oxygen atoms in total. The van der Waals surface area contributed by atoms with Crippen molar-refractivity contribution >= 4 is 23.5 Å². The highest BCUT2D eigenvalue weighted by Gasteiger charge is 2.28. The quantitative estimate of drug-likeness (QED) is 0.460. The van der Waals surface area contributed by atoms with Crippen LogP contribution in [0.25, 0.3) is 5.69 Å². The van der Waals surface area contributed by atoms with E-state index in [0.717, 1.165) is 4.57 Å². The summed E-state index contributed by atoms with van der Waals surface area (Å²) in [5.41, 5.74) is 5.63. The minimum atomic E-state index is -1.41. The van der Waals surface area contributed by atoms with Crippen LogP contribution in [-0.2, 0) is 16.0 Å². The number of pyridine rings is 1. The molecule has 4 N–H and O–H groups in total. The van der Waals surface area contributed by atoms with Gasteiger partial charge in [0.1, 0.15) is 17.2 Å². The number of halogens is 1. The van der Waals surface area contributed by atoms with Crippen LogP contribution in [0.4, 0.5) is 10.2 Å². The zero-order valence-electron chi connectivity index (χ0n) is 18.9. The molecule has 3 rings (SSSR count). The topological polar surface area (TPSA) is 131 Å². The Labute approximate surface area is 194 Å². The number of hydrogen-bond acceptors (Lipinski definition) is 5. The number of carbonyl (C=O) groups is 3. The molecule has 0 saturated carbocycles. The van der Waals surface area contributed by atoms with E-state index in [9.17, 15) is 23.6 Å². The lowest BCUT2D eigenvalue weighted by Crippen LogP contribution is -2.50. The van der Waals surface area contributed by atoms with Gasteiger partial charge in [-0.2, -0.15) is 0 Å². The van der Waals surface area contributed by atoms with Crippen molar-refractivity contribution in [3.05, 3.63) is 93.0 Å². The molecule has 2 aromatic carbocycles. The van der Waals surface area contributed by atoms with Crippen LogP contribution >= 0.6 is 0 Å². The highest BCUT2D eigenvalue weighted by molar-refractivity contribution is 6.11. The van der Waals surface area contributed by atoms with Crippen LogP contribution in [0.3, 0.4) is 0 Å². The minimum Gasteiger partial charge on any atom is -0.480 e. The van der Waals surface area contributed by atoms with Crippen molar-refractivity contribution in [3.63, 3.8) is 0 Å². The largest absolute Gasteiger partial charge is 0.480 e. The van der Waals surface area contributed by atoms with Gasteiger partial charge in [0, 0.05) is 6.07 Å². The fraction of sp³-hybridized carbons (Fsp3) is 0.200. The van der Waals surface area contributed by atoms with E-state index in [-0.39, 0.29) is 23.4 Å². The number of carboxylic acid groups (broad SMARTS) is 1. The molecule has 34 heavy (non-hydrogen) atoms. The van der Waals surface area contributed by atoms with Gasteiger partial charge < -0.3 is 16.2 Å². The van der Waals surface area contributed by atoms with E-state index in [2.05, 4.69) is 5.32 Å². The molecule has 0 atom stereocenters. The summed E-state index contributed by atoms with van der Waals surface area (Å²) < 4.78 is 15.4. The van der Waals surface area contributed by atoms with Gasteiger partial charge >= 0.3 is 5.97 Å². The molecule has 0 aliphatic carbocycles. The Morgan fingerprint density at radius 1 is 1.03 bits per heavy atom. The number of hydrogen-bond donors (Lipinski definition) is 3. The van der Waals surface area contributed by atoms with E-state index in [1.54, 1.807) is 37.3 Å². The molecular formula is C25H24FN3O5. The number of nitrogens with one attached hydrogen (secondary N) is 1. The van der Waals surface area contributed by atoms with Gasteiger partial charge in [-0.05, 0) is 62.2 Å². The minimum absolute atomic E-state index is 0.0262. The van der Waals surface area contributed by atoms with E-state index < -0.39 is 34.6 Å². The Bertz CT molecular complexity index is 1340. The molecule has 0 aliphatic heterocycles. The van der Waals surface area contributed by atoms with Gasteiger partial charge in [-0.1, -0.05) is 18.2 Å². The van der Waals surface area contributed by atoms with Gasteiger partial charge in [-0.25, -0.2) is 9.18 Å². The summed E-state index contributed by atoms with van der Waals surface area (Å²) >= 11 is 0. The number of nitrogen functional groups attached to an aromatic ring is 1. The second-order valence-corrected chi connectivity index (χ2v) is 8.44. The van der Waals surface area contributed by atoms with Crippen molar-refractivity contribution in [3.8, 4) is 5.69 Å². The smallest absolute Gasteiger partial charge is 0.328 e. The average Bonchev–Trinajstić information content (AvgIpc) is 2.74. The number of aromatic nitrogens is 1. The van der Waals surface area contributed by atoms with Crippen molar-refractivity contribution in [2.24, 2.45) is 0 Å². The molecule has 176 valence electrons. The lowest BCUT2D eigenvalue weighted by atomic mass is 10.0. The van der Waals surface area contributed by atoms with Gasteiger partial charge in [0.05, 0.1) is 23.2 Å². The number of carbonyl (C=O) groups excluding carboxylic acids is 2.